The van der Waals surface area contributed by atoms with Gasteiger partial charge in [-0.05, 0) is 26.4 Å². The van der Waals surface area contributed by atoms with Crippen molar-refractivity contribution in [2.24, 2.45) is 0 Å². The number of sulfonamides is 1. The highest BCUT2D eigenvalue weighted by Crippen LogP contribution is 2.06. The molecule has 6 nitrogen and oxygen atoms in total. The molecule has 0 fully saturated rings. The lowest BCUT2D eigenvalue weighted by molar-refractivity contribution is 0.560. The molecule has 7 heteroatoms. The molecule has 0 aliphatic heterocycles. The zero-order valence-corrected chi connectivity index (χ0v) is 11.1. The number of aryl methyl sites for hydroxylation is 1. The molecule has 0 aliphatic rings. The molecule has 0 saturated carbocycles. The molecule has 0 unspecified atom stereocenters. The molecule has 2 N–H and O–H groups in total. The van der Waals surface area contributed by atoms with Crippen molar-refractivity contribution in [2.45, 2.75) is 31.2 Å². The van der Waals surface area contributed by atoms with Crippen molar-refractivity contribution in [2.75, 3.05) is 20.1 Å². The van der Waals surface area contributed by atoms with E-state index in [4.69, 9.17) is 0 Å². The molecule has 1 aromatic heterocycles. The summed E-state index contributed by atoms with van der Waals surface area (Å²) >= 11 is 0. The summed E-state index contributed by atoms with van der Waals surface area (Å²) in [5.41, 5.74) is 0. The van der Waals surface area contributed by atoms with Crippen molar-refractivity contribution in [3.05, 3.63) is 12.4 Å². The van der Waals surface area contributed by atoms with Crippen LogP contribution in [0.1, 0.15) is 19.8 Å². The second kappa shape index (κ2) is 6.73. The molecule has 0 bridgehead atoms. The quantitative estimate of drug-likeness (QED) is 0.654. The molecule has 0 aromatic carbocycles. The van der Waals surface area contributed by atoms with Gasteiger partial charge in [-0.15, -0.1) is 0 Å². The maximum Gasteiger partial charge on any atom is 0.243 e. The number of nitrogens with one attached hydrogen (secondary N) is 2. The smallest absolute Gasteiger partial charge is 0.243 e. The van der Waals surface area contributed by atoms with Crippen LogP contribution in [-0.4, -0.2) is 38.3 Å². The van der Waals surface area contributed by atoms with Gasteiger partial charge < -0.3 is 5.32 Å². The first-order valence-electron chi connectivity index (χ1n) is 5.77. The van der Waals surface area contributed by atoms with Crippen LogP contribution >= 0.6 is 0 Å². The van der Waals surface area contributed by atoms with Crippen LogP contribution in [0.15, 0.2) is 17.3 Å². The number of nitrogens with zero attached hydrogens (tertiary/aromatic N) is 2. The second-order valence-corrected chi connectivity index (χ2v) is 5.56. The lowest BCUT2D eigenvalue weighted by Crippen LogP contribution is -2.24. The highest BCUT2D eigenvalue weighted by Gasteiger charge is 2.15. The number of hydrogen-bond acceptors (Lipinski definition) is 4. The Morgan fingerprint density at radius 1 is 1.41 bits per heavy atom. The van der Waals surface area contributed by atoms with Gasteiger partial charge in [0, 0.05) is 19.3 Å². The predicted molar refractivity (Wildman–Crippen MR) is 66.3 cm³/mol. The molecule has 0 saturated heterocycles. The maximum atomic E-state index is 11.8. The molecule has 0 spiro atoms. The minimum Gasteiger partial charge on any atom is -0.320 e. The summed E-state index contributed by atoms with van der Waals surface area (Å²) in [5.74, 6) is 0. The Balaban J connectivity index is 2.60. The summed E-state index contributed by atoms with van der Waals surface area (Å²) in [4.78, 5) is 0.232. The van der Waals surface area contributed by atoms with Crippen molar-refractivity contribution in [3.8, 4) is 0 Å². The predicted octanol–water partition coefficient (Wildman–Crippen LogP) is 0.181. The van der Waals surface area contributed by atoms with Gasteiger partial charge in [-0.25, -0.2) is 13.1 Å². The van der Waals surface area contributed by atoms with E-state index in [1.165, 1.54) is 6.20 Å². The highest BCUT2D eigenvalue weighted by atomic mass is 32.2. The van der Waals surface area contributed by atoms with Crippen LogP contribution in [0.4, 0.5) is 0 Å². The Labute approximate surface area is 102 Å². The van der Waals surface area contributed by atoms with Crippen molar-refractivity contribution >= 4 is 10.0 Å². The summed E-state index contributed by atoms with van der Waals surface area (Å²) in [7, 11) is -1.50. The van der Waals surface area contributed by atoms with E-state index in [1.807, 2.05) is 14.0 Å². The normalized spacial score (nSPS) is 11.9. The average molecular weight is 260 g/mol. The molecule has 0 aliphatic carbocycles. The Bertz CT molecular complexity index is 427. The van der Waals surface area contributed by atoms with Crippen molar-refractivity contribution in [3.63, 3.8) is 0 Å². The fourth-order valence-corrected chi connectivity index (χ4v) is 2.43. The van der Waals surface area contributed by atoms with Gasteiger partial charge in [0.1, 0.15) is 4.90 Å². The summed E-state index contributed by atoms with van der Waals surface area (Å²) in [6.07, 6.45) is 4.64. The molecule has 17 heavy (non-hydrogen) atoms. The third-order valence-corrected chi connectivity index (χ3v) is 3.69. The zero-order chi connectivity index (χ0) is 12.7. The van der Waals surface area contributed by atoms with E-state index in [-0.39, 0.29) is 4.90 Å². The van der Waals surface area contributed by atoms with Gasteiger partial charge in [0.25, 0.3) is 0 Å². The molecule has 1 aromatic rings. The summed E-state index contributed by atoms with van der Waals surface area (Å²) in [5, 5.41) is 7.06. The lowest BCUT2D eigenvalue weighted by Gasteiger charge is -2.02. The summed E-state index contributed by atoms with van der Waals surface area (Å²) in [6.45, 7) is 3.97. The monoisotopic (exact) mass is 260 g/mol. The van der Waals surface area contributed by atoms with E-state index in [9.17, 15) is 8.42 Å². The maximum absolute atomic E-state index is 11.8. The Morgan fingerprint density at radius 3 is 2.82 bits per heavy atom. The van der Waals surface area contributed by atoms with E-state index in [1.54, 1.807) is 10.9 Å². The molecule has 0 atom stereocenters. The molecular formula is C10H20N4O2S. The standard InChI is InChI=1S/C10H20N4O2S/c1-3-5-13-17(15,16)10-8-12-14(9-10)7-4-6-11-2/h8-9,11,13H,3-7H2,1-2H3. The molecule has 1 rings (SSSR count). The minimum absolute atomic E-state index is 0.232. The van der Waals surface area contributed by atoms with Gasteiger partial charge in [-0.2, -0.15) is 5.10 Å². The van der Waals surface area contributed by atoms with E-state index < -0.39 is 10.0 Å². The second-order valence-electron chi connectivity index (χ2n) is 3.79. The first-order chi connectivity index (χ1) is 8.10. The van der Waals surface area contributed by atoms with Crippen LogP contribution in [0.5, 0.6) is 0 Å². The largest absolute Gasteiger partial charge is 0.320 e. The van der Waals surface area contributed by atoms with E-state index in [0.717, 1.165) is 19.4 Å². The van der Waals surface area contributed by atoms with E-state index in [2.05, 4.69) is 15.1 Å². The molecular weight excluding hydrogens is 240 g/mol. The SMILES string of the molecule is CCCNS(=O)(=O)c1cnn(CCCNC)c1. The number of aromatic nitrogens is 2. The van der Waals surface area contributed by atoms with Crippen LogP contribution in [0, 0.1) is 0 Å². The fraction of sp³-hybridized carbons (Fsp3) is 0.700. The third-order valence-electron chi connectivity index (χ3n) is 2.28. The fourth-order valence-electron chi connectivity index (χ4n) is 1.34. The Hall–Kier alpha value is -0.920. The Kier molecular flexibility index (Phi) is 5.60. The first-order valence-corrected chi connectivity index (χ1v) is 7.25. The van der Waals surface area contributed by atoms with Gasteiger partial charge in [0.15, 0.2) is 0 Å². The molecule has 1 heterocycles. The topological polar surface area (TPSA) is 76.0 Å². The van der Waals surface area contributed by atoms with Crippen LogP contribution in [-0.2, 0) is 16.6 Å². The molecule has 98 valence electrons. The van der Waals surface area contributed by atoms with Gasteiger partial charge in [0.05, 0.1) is 6.20 Å². The van der Waals surface area contributed by atoms with Crippen molar-refractivity contribution in [1.82, 2.24) is 19.8 Å². The van der Waals surface area contributed by atoms with E-state index in [0.29, 0.717) is 13.1 Å². The minimum atomic E-state index is -3.38. The van der Waals surface area contributed by atoms with Crippen molar-refractivity contribution in [1.29, 1.82) is 0 Å². The zero-order valence-electron chi connectivity index (χ0n) is 10.3. The van der Waals surface area contributed by atoms with Gasteiger partial charge in [0.2, 0.25) is 10.0 Å². The third kappa shape index (κ3) is 4.45. The highest BCUT2D eigenvalue weighted by molar-refractivity contribution is 7.89. The van der Waals surface area contributed by atoms with Crippen LogP contribution in [0.25, 0.3) is 0 Å². The summed E-state index contributed by atoms with van der Waals surface area (Å²) in [6, 6.07) is 0. The van der Waals surface area contributed by atoms with Gasteiger partial charge in [-0.3, -0.25) is 4.68 Å². The van der Waals surface area contributed by atoms with Crippen LogP contribution < -0.4 is 10.0 Å². The van der Waals surface area contributed by atoms with E-state index >= 15 is 0 Å². The molecule has 0 radical (unpaired) electrons. The van der Waals surface area contributed by atoms with Gasteiger partial charge >= 0.3 is 0 Å². The van der Waals surface area contributed by atoms with Crippen LogP contribution in [0.2, 0.25) is 0 Å². The lowest BCUT2D eigenvalue weighted by atomic mass is 10.4. The average Bonchev–Trinajstić information content (AvgIpc) is 2.76. The van der Waals surface area contributed by atoms with Gasteiger partial charge in [-0.1, -0.05) is 6.92 Å². The molecule has 0 amide bonds. The first kappa shape index (κ1) is 14.1. The van der Waals surface area contributed by atoms with Crippen molar-refractivity contribution < 1.29 is 8.42 Å². The summed E-state index contributed by atoms with van der Waals surface area (Å²) < 4.78 is 27.7. The number of rotatable bonds is 8. The van der Waals surface area contributed by atoms with Crippen LogP contribution in [0.3, 0.4) is 0 Å². The Morgan fingerprint density at radius 2 is 2.18 bits per heavy atom. The number of hydrogen-bond donors (Lipinski definition) is 2.